The molecule has 5 rings (SSSR count). The summed E-state index contributed by atoms with van der Waals surface area (Å²) in [7, 11) is 0. The van der Waals surface area contributed by atoms with E-state index in [9.17, 15) is 10.0 Å². The number of nitrogens with one attached hydrogen (secondary N) is 3. The number of fused-ring (bicyclic) bond motifs is 3. The SMILES string of the molecule is C/C(=N/O)c1c2n(c3ccc(C)cc13)CC(NC(=O)c1ccc(N(C=N)C=N)cc1Cl)CC2.c1ccccc1. The van der Waals surface area contributed by atoms with Crippen molar-refractivity contribution in [1.82, 2.24) is 9.88 Å². The molecule has 1 unspecified atom stereocenters. The number of halogens is 1. The number of nitrogens with zero attached hydrogens (tertiary/aromatic N) is 3. The molecule has 3 aromatic carbocycles. The zero-order chi connectivity index (χ0) is 27.9. The van der Waals surface area contributed by atoms with E-state index in [-0.39, 0.29) is 17.0 Å². The maximum atomic E-state index is 13.0. The quantitative estimate of drug-likeness (QED) is 0.0997. The van der Waals surface area contributed by atoms with Crippen LogP contribution in [0.3, 0.4) is 0 Å². The van der Waals surface area contributed by atoms with Crippen molar-refractivity contribution in [3.63, 3.8) is 0 Å². The molecule has 1 amide bonds. The fraction of sp³-hybridized carbons (Fsp3) is 0.200. The van der Waals surface area contributed by atoms with Gasteiger partial charge in [0.15, 0.2) is 0 Å². The lowest BCUT2D eigenvalue weighted by Gasteiger charge is -2.27. The van der Waals surface area contributed by atoms with E-state index in [0.29, 0.717) is 23.5 Å². The van der Waals surface area contributed by atoms with E-state index in [4.69, 9.17) is 22.4 Å². The Morgan fingerprint density at radius 1 is 1.10 bits per heavy atom. The van der Waals surface area contributed by atoms with Crippen LogP contribution in [0.25, 0.3) is 10.9 Å². The summed E-state index contributed by atoms with van der Waals surface area (Å²) >= 11 is 6.35. The third-order valence-electron chi connectivity index (χ3n) is 6.75. The Kier molecular flexibility index (Phi) is 8.78. The van der Waals surface area contributed by atoms with Crippen LogP contribution in [0, 0.1) is 17.7 Å². The number of rotatable bonds is 6. The van der Waals surface area contributed by atoms with Gasteiger partial charge in [-0.25, -0.2) is 0 Å². The molecule has 8 nitrogen and oxygen atoms in total. The maximum absolute atomic E-state index is 13.0. The Labute approximate surface area is 232 Å². The minimum Gasteiger partial charge on any atom is -0.411 e. The van der Waals surface area contributed by atoms with Crippen LogP contribution in [0.2, 0.25) is 5.02 Å². The molecule has 0 fully saturated rings. The number of benzene rings is 3. The molecule has 1 atom stereocenters. The second-order valence-electron chi connectivity index (χ2n) is 9.33. The average Bonchev–Trinajstić information content (AvgIpc) is 3.27. The molecule has 2 heterocycles. The van der Waals surface area contributed by atoms with Gasteiger partial charge in [0.05, 0.1) is 29.0 Å². The summed E-state index contributed by atoms with van der Waals surface area (Å²) in [6, 6.07) is 23.0. The number of carbonyl (C=O) groups excluding carboxylic acids is 1. The number of aryl methyl sites for hydroxylation is 1. The van der Waals surface area contributed by atoms with Gasteiger partial charge in [-0.3, -0.25) is 20.5 Å². The number of hydrogen-bond acceptors (Lipinski definition) is 5. The van der Waals surface area contributed by atoms with Gasteiger partial charge in [0, 0.05) is 40.4 Å². The van der Waals surface area contributed by atoms with Crippen molar-refractivity contribution in [2.75, 3.05) is 4.90 Å². The number of carbonyl (C=O) groups is 1. The van der Waals surface area contributed by atoms with E-state index >= 15 is 0 Å². The van der Waals surface area contributed by atoms with Gasteiger partial charge in [-0.2, -0.15) is 0 Å². The molecule has 9 heteroatoms. The van der Waals surface area contributed by atoms with Crippen LogP contribution in [-0.2, 0) is 13.0 Å². The zero-order valence-electron chi connectivity index (χ0n) is 21.9. The Morgan fingerprint density at radius 2 is 1.77 bits per heavy atom. The van der Waals surface area contributed by atoms with Crippen molar-refractivity contribution >= 4 is 52.5 Å². The molecule has 0 bridgehead atoms. The van der Waals surface area contributed by atoms with Crippen molar-refractivity contribution in [3.8, 4) is 0 Å². The van der Waals surface area contributed by atoms with Gasteiger partial charge in [0.1, 0.15) is 0 Å². The van der Waals surface area contributed by atoms with Gasteiger partial charge >= 0.3 is 0 Å². The Bertz CT molecular complexity index is 1500. The summed E-state index contributed by atoms with van der Waals surface area (Å²) in [6.45, 7) is 4.44. The molecular formula is C30H31ClN6O2. The summed E-state index contributed by atoms with van der Waals surface area (Å²) in [6.07, 6.45) is 3.48. The van der Waals surface area contributed by atoms with Crippen LogP contribution in [0.15, 0.2) is 78.0 Å². The fourth-order valence-corrected chi connectivity index (χ4v) is 5.13. The first kappa shape index (κ1) is 27.6. The third kappa shape index (κ3) is 6.02. The predicted octanol–water partition coefficient (Wildman–Crippen LogP) is 6.25. The first-order valence-corrected chi connectivity index (χ1v) is 13.0. The number of aromatic nitrogens is 1. The smallest absolute Gasteiger partial charge is 0.253 e. The standard InChI is InChI=1S/C24H25ClN6O2.C6H6/c1-14-3-7-21-19(9-14)23(15(2)29-33)22-8-4-16(11-31(21)22)28-24(32)18-6-5-17(10-20(18)25)30(12-26)13-27;1-2-4-6-5-3-1/h3,5-7,9-10,12-13,16,26-27,33H,4,8,11H2,1-2H3,(H,28,32);1-6H/b26-12?,27-13?,29-15-;. The molecule has 200 valence electrons. The third-order valence-corrected chi connectivity index (χ3v) is 7.06. The topological polar surface area (TPSA) is 118 Å². The molecule has 1 aliphatic heterocycles. The lowest BCUT2D eigenvalue weighted by molar-refractivity contribution is 0.0928. The highest BCUT2D eigenvalue weighted by Crippen LogP contribution is 2.32. The molecule has 4 aromatic rings. The number of oxime groups is 1. The molecule has 39 heavy (non-hydrogen) atoms. The number of anilines is 1. The van der Waals surface area contributed by atoms with E-state index in [1.54, 1.807) is 25.1 Å². The lowest BCUT2D eigenvalue weighted by atomic mass is 9.99. The van der Waals surface area contributed by atoms with Crippen LogP contribution in [0.5, 0.6) is 0 Å². The molecule has 0 saturated heterocycles. The van der Waals surface area contributed by atoms with Crippen LogP contribution in [0.4, 0.5) is 5.69 Å². The van der Waals surface area contributed by atoms with Crippen molar-refractivity contribution in [2.45, 2.75) is 39.3 Å². The van der Waals surface area contributed by atoms with Gasteiger partial charge in [-0.15, -0.1) is 0 Å². The molecule has 0 aliphatic carbocycles. The highest BCUT2D eigenvalue weighted by Gasteiger charge is 2.27. The fourth-order valence-electron chi connectivity index (χ4n) is 4.87. The highest BCUT2D eigenvalue weighted by molar-refractivity contribution is 6.34. The van der Waals surface area contributed by atoms with Gasteiger partial charge in [-0.1, -0.05) is 64.8 Å². The highest BCUT2D eigenvalue weighted by atomic mass is 35.5. The monoisotopic (exact) mass is 542 g/mol. The molecular weight excluding hydrogens is 512 g/mol. The summed E-state index contributed by atoms with van der Waals surface area (Å²) < 4.78 is 2.20. The number of amides is 1. The van der Waals surface area contributed by atoms with Crippen molar-refractivity contribution in [2.24, 2.45) is 5.16 Å². The lowest BCUT2D eigenvalue weighted by Crippen LogP contribution is -2.41. The summed E-state index contributed by atoms with van der Waals surface area (Å²) in [5.41, 5.74) is 5.71. The normalized spacial score (nSPS) is 14.5. The first-order valence-electron chi connectivity index (χ1n) is 12.6. The second-order valence-corrected chi connectivity index (χ2v) is 9.74. The molecule has 1 aromatic heterocycles. The Balaban J connectivity index is 0.000000519. The van der Waals surface area contributed by atoms with E-state index in [1.807, 2.05) is 43.3 Å². The zero-order valence-corrected chi connectivity index (χ0v) is 22.6. The molecule has 0 spiro atoms. The maximum Gasteiger partial charge on any atom is 0.253 e. The van der Waals surface area contributed by atoms with Crippen LogP contribution in [-0.4, -0.2) is 40.1 Å². The largest absolute Gasteiger partial charge is 0.411 e. The summed E-state index contributed by atoms with van der Waals surface area (Å²) in [5, 5.41) is 32.0. The minimum absolute atomic E-state index is 0.0866. The van der Waals surface area contributed by atoms with E-state index < -0.39 is 0 Å². The molecule has 1 aliphatic rings. The van der Waals surface area contributed by atoms with Gasteiger partial charge in [0.2, 0.25) is 0 Å². The minimum atomic E-state index is -0.267. The predicted molar refractivity (Wildman–Crippen MR) is 158 cm³/mol. The van der Waals surface area contributed by atoms with E-state index in [2.05, 4.69) is 33.2 Å². The van der Waals surface area contributed by atoms with Crippen molar-refractivity contribution in [3.05, 3.63) is 100 Å². The Morgan fingerprint density at radius 3 is 2.36 bits per heavy atom. The van der Waals surface area contributed by atoms with Crippen LogP contribution >= 0.6 is 11.6 Å². The molecule has 4 N–H and O–H groups in total. The van der Waals surface area contributed by atoms with E-state index in [1.165, 1.54) is 4.90 Å². The molecule has 0 saturated carbocycles. The Hall–Kier alpha value is -4.43. The van der Waals surface area contributed by atoms with Gasteiger partial charge in [0.25, 0.3) is 5.91 Å². The average molecular weight is 543 g/mol. The van der Waals surface area contributed by atoms with Crippen molar-refractivity contribution in [1.29, 1.82) is 10.8 Å². The molecule has 0 radical (unpaired) electrons. The van der Waals surface area contributed by atoms with Crippen molar-refractivity contribution < 1.29 is 10.0 Å². The summed E-state index contributed by atoms with van der Waals surface area (Å²) in [4.78, 5) is 14.3. The first-order chi connectivity index (χ1) is 18.9. The van der Waals surface area contributed by atoms with Gasteiger partial charge in [-0.05, 0) is 57.0 Å². The van der Waals surface area contributed by atoms with Crippen LogP contribution in [0.1, 0.15) is 40.5 Å². The van der Waals surface area contributed by atoms with Gasteiger partial charge < -0.3 is 15.1 Å². The van der Waals surface area contributed by atoms with Crippen LogP contribution < -0.4 is 10.2 Å². The van der Waals surface area contributed by atoms with E-state index in [0.717, 1.165) is 53.2 Å². The second kappa shape index (κ2) is 12.4. The summed E-state index contributed by atoms with van der Waals surface area (Å²) in [5.74, 6) is -0.267. The number of hydrogen-bond donors (Lipinski definition) is 4.